The molecule has 0 unspecified atom stereocenters. The molecule has 0 bridgehead atoms. The van der Waals surface area contributed by atoms with Gasteiger partial charge >= 0.3 is 0 Å². The number of hydrogen-bond acceptors (Lipinski definition) is 4. The van der Waals surface area contributed by atoms with Gasteiger partial charge in [-0.05, 0) is 24.3 Å². The Morgan fingerprint density at radius 2 is 1.71 bits per heavy atom. The average molecular weight is 305 g/mol. The zero-order chi connectivity index (χ0) is 14.7. The monoisotopic (exact) mass is 305 g/mol. The largest absolute Gasteiger partial charge is 0.367 e. The molecule has 5 heteroatoms. The number of thiophene rings is 1. The molecule has 1 aliphatic heterocycles. The fraction of sp³-hybridized carbons (Fsp3) is 0.375. The molecule has 0 aliphatic carbocycles. The van der Waals surface area contributed by atoms with Crippen LogP contribution < -0.4 is 10.6 Å². The highest BCUT2D eigenvalue weighted by Crippen LogP contribution is 2.22. The summed E-state index contributed by atoms with van der Waals surface area (Å²) in [6, 6.07) is 11.3. The van der Waals surface area contributed by atoms with Crippen LogP contribution in [0.5, 0.6) is 0 Å². The van der Waals surface area contributed by atoms with E-state index in [1.165, 1.54) is 15.8 Å². The van der Waals surface area contributed by atoms with E-state index in [4.69, 9.17) is 5.73 Å². The molecule has 2 aromatic rings. The molecular weight excluding hydrogens is 285 g/mol. The number of hydrogen-bond donors (Lipinski definition) is 1. The Kier molecular flexibility index (Phi) is 4.53. The quantitative estimate of drug-likeness (QED) is 0.942. The van der Waals surface area contributed by atoms with Gasteiger partial charge in [-0.2, -0.15) is 0 Å². The highest BCUT2D eigenvalue weighted by molar-refractivity contribution is 7.11. The minimum Gasteiger partial charge on any atom is -0.367 e. The summed E-state index contributed by atoms with van der Waals surface area (Å²) in [4.78, 5) is 7.14. The SMILES string of the molecule is NCc1ccc(CN2CCN(c3ccccc3F)CC2)s1. The van der Waals surface area contributed by atoms with E-state index in [1.807, 2.05) is 12.1 Å². The molecule has 1 aromatic carbocycles. The van der Waals surface area contributed by atoms with Crippen LogP contribution in [0.4, 0.5) is 10.1 Å². The number of benzene rings is 1. The third-order valence-corrected chi connectivity index (χ3v) is 4.96. The molecule has 0 amide bonds. The van der Waals surface area contributed by atoms with Crippen LogP contribution >= 0.6 is 11.3 Å². The third-order valence-electron chi connectivity index (χ3n) is 3.86. The molecule has 0 saturated carbocycles. The first kappa shape index (κ1) is 14.5. The van der Waals surface area contributed by atoms with E-state index in [9.17, 15) is 4.39 Å². The minimum absolute atomic E-state index is 0.128. The van der Waals surface area contributed by atoms with Crippen molar-refractivity contribution < 1.29 is 4.39 Å². The summed E-state index contributed by atoms with van der Waals surface area (Å²) in [6.45, 7) is 5.25. The van der Waals surface area contributed by atoms with Gasteiger partial charge in [0, 0.05) is 49.0 Å². The van der Waals surface area contributed by atoms with Crippen molar-refractivity contribution in [1.29, 1.82) is 0 Å². The van der Waals surface area contributed by atoms with Gasteiger partial charge in [-0.3, -0.25) is 4.90 Å². The van der Waals surface area contributed by atoms with E-state index in [2.05, 4.69) is 21.9 Å². The molecule has 1 aliphatic rings. The van der Waals surface area contributed by atoms with Crippen molar-refractivity contribution in [2.75, 3.05) is 31.1 Å². The van der Waals surface area contributed by atoms with Crippen molar-refractivity contribution in [3.05, 3.63) is 52.0 Å². The molecule has 2 N–H and O–H groups in total. The lowest BCUT2D eigenvalue weighted by atomic mass is 10.2. The maximum absolute atomic E-state index is 13.8. The van der Waals surface area contributed by atoms with E-state index >= 15 is 0 Å². The Hall–Kier alpha value is -1.43. The third kappa shape index (κ3) is 3.43. The Morgan fingerprint density at radius 3 is 2.38 bits per heavy atom. The van der Waals surface area contributed by atoms with E-state index < -0.39 is 0 Å². The van der Waals surface area contributed by atoms with Crippen molar-refractivity contribution in [1.82, 2.24) is 4.90 Å². The van der Waals surface area contributed by atoms with E-state index in [1.54, 1.807) is 17.4 Å². The number of nitrogens with zero attached hydrogens (tertiary/aromatic N) is 2. The second kappa shape index (κ2) is 6.56. The Labute approximate surface area is 128 Å². The van der Waals surface area contributed by atoms with Crippen molar-refractivity contribution in [3.8, 4) is 0 Å². The van der Waals surface area contributed by atoms with Gasteiger partial charge in [-0.1, -0.05) is 12.1 Å². The smallest absolute Gasteiger partial charge is 0.146 e. The lowest BCUT2D eigenvalue weighted by molar-refractivity contribution is 0.251. The Bertz CT molecular complexity index is 591. The summed E-state index contributed by atoms with van der Waals surface area (Å²) in [5.41, 5.74) is 6.37. The minimum atomic E-state index is -0.128. The number of anilines is 1. The lowest BCUT2D eigenvalue weighted by Gasteiger charge is -2.36. The average Bonchev–Trinajstić information content (AvgIpc) is 2.96. The molecule has 1 saturated heterocycles. The molecule has 0 spiro atoms. The summed E-state index contributed by atoms with van der Waals surface area (Å²) >= 11 is 1.79. The summed E-state index contributed by atoms with van der Waals surface area (Å²) < 4.78 is 13.8. The summed E-state index contributed by atoms with van der Waals surface area (Å²) in [7, 11) is 0. The summed E-state index contributed by atoms with van der Waals surface area (Å²) in [5.74, 6) is -0.128. The molecule has 0 atom stereocenters. The molecule has 3 nitrogen and oxygen atoms in total. The lowest BCUT2D eigenvalue weighted by Crippen LogP contribution is -2.46. The normalized spacial score (nSPS) is 16.4. The van der Waals surface area contributed by atoms with Gasteiger partial charge in [0.15, 0.2) is 0 Å². The van der Waals surface area contributed by atoms with E-state index in [0.717, 1.165) is 38.4 Å². The van der Waals surface area contributed by atoms with Crippen LogP contribution in [-0.4, -0.2) is 31.1 Å². The predicted octanol–water partition coefficient (Wildman–Crippen LogP) is 2.67. The van der Waals surface area contributed by atoms with Gasteiger partial charge in [-0.25, -0.2) is 4.39 Å². The van der Waals surface area contributed by atoms with Crippen LogP contribution in [0.1, 0.15) is 9.75 Å². The van der Waals surface area contributed by atoms with Gasteiger partial charge in [0.1, 0.15) is 5.82 Å². The molecular formula is C16H20FN3S. The first-order valence-corrected chi connectivity index (χ1v) is 8.07. The molecule has 2 heterocycles. The zero-order valence-electron chi connectivity index (χ0n) is 12.0. The fourth-order valence-corrected chi connectivity index (χ4v) is 3.63. The second-order valence-electron chi connectivity index (χ2n) is 5.29. The maximum atomic E-state index is 13.8. The fourth-order valence-electron chi connectivity index (χ4n) is 2.69. The number of piperazine rings is 1. The van der Waals surface area contributed by atoms with Gasteiger partial charge in [0.05, 0.1) is 5.69 Å². The van der Waals surface area contributed by atoms with Crippen molar-refractivity contribution in [2.24, 2.45) is 5.73 Å². The van der Waals surface area contributed by atoms with Gasteiger partial charge < -0.3 is 10.6 Å². The number of para-hydroxylation sites is 1. The van der Waals surface area contributed by atoms with E-state index in [0.29, 0.717) is 6.54 Å². The molecule has 0 radical (unpaired) electrons. The molecule has 21 heavy (non-hydrogen) atoms. The predicted molar refractivity (Wildman–Crippen MR) is 86.1 cm³/mol. The van der Waals surface area contributed by atoms with Crippen molar-refractivity contribution in [3.63, 3.8) is 0 Å². The van der Waals surface area contributed by atoms with E-state index in [-0.39, 0.29) is 5.82 Å². The molecule has 112 valence electrons. The standard InChI is InChI=1S/C16H20FN3S/c17-15-3-1-2-4-16(15)20-9-7-19(8-10-20)12-14-6-5-13(11-18)21-14/h1-6H,7-12,18H2. The van der Waals surface area contributed by atoms with Crippen LogP contribution in [0, 0.1) is 5.82 Å². The molecule has 3 rings (SSSR count). The van der Waals surface area contributed by atoms with Crippen LogP contribution in [0.3, 0.4) is 0 Å². The van der Waals surface area contributed by atoms with Crippen LogP contribution in [0.15, 0.2) is 36.4 Å². The van der Waals surface area contributed by atoms with Crippen LogP contribution in [0.2, 0.25) is 0 Å². The Morgan fingerprint density at radius 1 is 1.00 bits per heavy atom. The maximum Gasteiger partial charge on any atom is 0.146 e. The highest BCUT2D eigenvalue weighted by Gasteiger charge is 2.19. The highest BCUT2D eigenvalue weighted by atomic mass is 32.1. The Balaban J connectivity index is 1.56. The van der Waals surface area contributed by atoms with Gasteiger partial charge in [-0.15, -0.1) is 11.3 Å². The number of nitrogens with two attached hydrogens (primary N) is 1. The number of rotatable bonds is 4. The first-order chi connectivity index (χ1) is 10.3. The second-order valence-corrected chi connectivity index (χ2v) is 6.54. The molecule has 1 fully saturated rings. The van der Waals surface area contributed by atoms with Crippen molar-refractivity contribution >= 4 is 17.0 Å². The summed E-state index contributed by atoms with van der Waals surface area (Å²) in [6.07, 6.45) is 0. The topological polar surface area (TPSA) is 32.5 Å². The van der Waals surface area contributed by atoms with Crippen molar-refractivity contribution in [2.45, 2.75) is 13.1 Å². The molecule has 1 aromatic heterocycles. The van der Waals surface area contributed by atoms with Crippen LogP contribution in [0.25, 0.3) is 0 Å². The van der Waals surface area contributed by atoms with Gasteiger partial charge in [0.25, 0.3) is 0 Å². The zero-order valence-corrected chi connectivity index (χ0v) is 12.8. The number of halogens is 1. The first-order valence-electron chi connectivity index (χ1n) is 7.26. The summed E-state index contributed by atoms with van der Waals surface area (Å²) in [5, 5.41) is 0. The van der Waals surface area contributed by atoms with Gasteiger partial charge in [0.2, 0.25) is 0 Å². The van der Waals surface area contributed by atoms with Crippen LogP contribution in [-0.2, 0) is 13.1 Å².